The van der Waals surface area contributed by atoms with E-state index in [9.17, 15) is 57.8 Å². The van der Waals surface area contributed by atoms with Crippen molar-refractivity contribution in [1.29, 1.82) is 0 Å². The molecule has 0 bridgehead atoms. The van der Waals surface area contributed by atoms with Crippen molar-refractivity contribution in [2.75, 3.05) is 19.8 Å². The van der Waals surface area contributed by atoms with Crippen LogP contribution in [0.2, 0.25) is 0 Å². The summed E-state index contributed by atoms with van der Waals surface area (Å²) in [5.74, 6) is 0. The van der Waals surface area contributed by atoms with Gasteiger partial charge in [0.2, 0.25) is 0 Å². The molecule has 0 fully saturated rings. The zero-order valence-corrected chi connectivity index (χ0v) is 21.8. The number of benzene rings is 2. The van der Waals surface area contributed by atoms with E-state index in [1.807, 2.05) is 0 Å². The fourth-order valence-corrected chi connectivity index (χ4v) is 3.44. The van der Waals surface area contributed by atoms with Crippen LogP contribution in [0.15, 0.2) is 61.7 Å². The number of rotatable bonds is 13. The second-order valence-electron chi connectivity index (χ2n) is 9.10. The molecule has 0 spiro atoms. The molecule has 2 aromatic rings. The summed E-state index contributed by atoms with van der Waals surface area (Å²) in [6.45, 7) is -0.571. The van der Waals surface area contributed by atoms with Crippen molar-refractivity contribution in [3.05, 3.63) is 83.9 Å². The van der Waals surface area contributed by atoms with Gasteiger partial charge >= 0.3 is 24.7 Å². The summed E-state index contributed by atoms with van der Waals surface area (Å²) in [6, 6.07) is 9.76. The molecule has 0 saturated heterocycles. The van der Waals surface area contributed by atoms with Gasteiger partial charge in [0.15, 0.2) is 0 Å². The summed E-state index contributed by atoms with van der Waals surface area (Å²) in [7, 11) is 0. The van der Waals surface area contributed by atoms with Crippen molar-refractivity contribution in [3.63, 3.8) is 0 Å². The molecule has 1 unspecified atom stereocenters. The molecule has 0 aromatic heterocycles. The first kappa shape index (κ1) is 36.1. The maximum absolute atomic E-state index is 14.0. The standard InChI is InChI=1S/C27H24F12O4/c1-3-17-5-7-19(8-6-17)13-41-16-23(26(34,35)36,27(37,38)39)43-14-21(20-11-9-18(4-2)10-12-20)42-15-22(40,24(28,29)30)25(31,32)33/h3-12,21,40H,1-2,13-16H2. The van der Waals surface area contributed by atoms with Crippen LogP contribution in [0.4, 0.5) is 52.7 Å². The first-order valence-corrected chi connectivity index (χ1v) is 11.9. The average molecular weight is 640 g/mol. The van der Waals surface area contributed by atoms with E-state index in [0.717, 1.165) is 24.3 Å². The van der Waals surface area contributed by atoms with Crippen LogP contribution in [0.25, 0.3) is 12.2 Å². The van der Waals surface area contributed by atoms with Gasteiger partial charge in [-0.2, -0.15) is 52.7 Å². The quantitative estimate of drug-likeness (QED) is 0.226. The lowest BCUT2D eigenvalue weighted by Gasteiger charge is -2.38. The second-order valence-corrected chi connectivity index (χ2v) is 9.10. The summed E-state index contributed by atoms with van der Waals surface area (Å²) in [4.78, 5) is 0. The monoisotopic (exact) mass is 640 g/mol. The van der Waals surface area contributed by atoms with Crippen LogP contribution in [-0.2, 0) is 20.8 Å². The molecule has 2 rings (SSSR count). The number of ether oxygens (including phenoxy) is 3. The summed E-state index contributed by atoms with van der Waals surface area (Å²) < 4.78 is 176. The molecule has 0 aliphatic carbocycles. The Morgan fingerprint density at radius 1 is 0.651 bits per heavy atom. The van der Waals surface area contributed by atoms with Crippen molar-refractivity contribution >= 4 is 12.2 Å². The Labute approximate surface area is 237 Å². The highest BCUT2D eigenvalue weighted by atomic mass is 19.4. The predicted molar refractivity (Wildman–Crippen MR) is 129 cm³/mol. The number of alkyl halides is 12. The molecule has 4 nitrogen and oxygen atoms in total. The first-order chi connectivity index (χ1) is 19.6. The van der Waals surface area contributed by atoms with E-state index < -0.39 is 74.0 Å². The van der Waals surface area contributed by atoms with E-state index in [0.29, 0.717) is 11.1 Å². The first-order valence-electron chi connectivity index (χ1n) is 11.9. The van der Waals surface area contributed by atoms with E-state index in [1.165, 1.54) is 36.4 Å². The van der Waals surface area contributed by atoms with Crippen LogP contribution in [0.3, 0.4) is 0 Å². The zero-order valence-electron chi connectivity index (χ0n) is 21.8. The Kier molecular flexibility index (Phi) is 11.2. The van der Waals surface area contributed by atoms with Crippen molar-refractivity contribution in [3.8, 4) is 0 Å². The molecule has 2 aromatic carbocycles. The molecule has 1 N–H and O–H groups in total. The van der Waals surface area contributed by atoms with Gasteiger partial charge in [-0.25, -0.2) is 0 Å². The Morgan fingerprint density at radius 3 is 1.49 bits per heavy atom. The van der Waals surface area contributed by atoms with Crippen LogP contribution < -0.4 is 0 Å². The minimum absolute atomic E-state index is 0.158. The Morgan fingerprint density at radius 2 is 1.09 bits per heavy atom. The van der Waals surface area contributed by atoms with Crippen molar-refractivity contribution in [2.24, 2.45) is 0 Å². The Hall–Kier alpha value is -3.08. The van der Waals surface area contributed by atoms with E-state index in [1.54, 1.807) is 0 Å². The minimum Gasteiger partial charge on any atom is -0.373 e. The van der Waals surface area contributed by atoms with Gasteiger partial charge in [0.05, 0.1) is 26.4 Å². The third-order valence-corrected chi connectivity index (χ3v) is 6.16. The molecular formula is C27H24F12O4. The van der Waals surface area contributed by atoms with Gasteiger partial charge in [0, 0.05) is 0 Å². The molecule has 0 radical (unpaired) electrons. The second kappa shape index (κ2) is 13.3. The minimum atomic E-state index is -6.39. The van der Waals surface area contributed by atoms with Crippen molar-refractivity contribution < 1.29 is 72.0 Å². The fraction of sp³-hybridized carbons (Fsp3) is 0.407. The topological polar surface area (TPSA) is 47.9 Å². The number of aliphatic hydroxyl groups is 1. The molecule has 43 heavy (non-hydrogen) atoms. The van der Waals surface area contributed by atoms with Crippen LogP contribution in [-0.4, -0.2) is 60.8 Å². The van der Waals surface area contributed by atoms with Gasteiger partial charge in [-0.15, -0.1) is 0 Å². The van der Waals surface area contributed by atoms with E-state index in [-0.39, 0.29) is 5.56 Å². The van der Waals surface area contributed by atoms with Crippen LogP contribution >= 0.6 is 0 Å². The van der Waals surface area contributed by atoms with Crippen LogP contribution in [0.1, 0.15) is 28.4 Å². The van der Waals surface area contributed by atoms with Gasteiger partial charge in [-0.05, 0) is 22.3 Å². The largest absolute Gasteiger partial charge is 0.428 e. The summed E-state index contributed by atoms with van der Waals surface area (Å²) in [6.07, 6.45) is -25.0. The molecule has 0 aliphatic heterocycles. The normalized spacial score (nSPS) is 14.4. The number of hydrogen-bond donors (Lipinski definition) is 1. The maximum atomic E-state index is 14.0. The highest BCUT2D eigenvalue weighted by Gasteiger charge is 2.73. The molecule has 0 heterocycles. The highest BCUT2D eigenvalue weighted by Crippen LogP contribution is 2.48. The zero-order chi connectivity index (χ0) is 32.9. The lowest BCUT2D eigenvalue weighted by molar-refractivity contribution is -0.397. The molecule has 16 heteroatoms. The highest BCUT2D eigenvalue weighted by molar-refractivity contribution is 5.48. The average Bonchev–Trinajstić information content (AvgIpc) is 2.89. The molecule has 240 valence electrons. The van der Waals surface area contributed by atoms with Crippen LogP contribution in [0.5, 0.6) is 0 Å². The third-order valence-electron chi connectivity index (χ3n) is 6.16. The van der Waals surface area contributed by atoms with E-state index in [4.69, 9.17) is 4.74 Å². The van der Waals surface area contributed by atoms with Crippen LogP contribution in [0, 0.1) is 0 Å². The van der Waals surface area contributed by atoms with Gasteiger partial charge < -0.3 is 19.3 Å². The third kappa shape index (κ3) is 8.31. The van der Waals surface area contributed by atoms with Gasteiger partial charge in [-0.3, -0.25) is 0 Å². The molecular weight excluding hydrogens is 616 g/mol. The van der Waals surface area contributed by atoms with Crippen molar-refractivity contribution in [2.45, 2.75) is 48.6 Å². The number of halogens is 12. The van der Waals surface area contributed by atoms with Gasteiger partial charge in [0.25, 0.3) is 11.2 Å². The molecule has 1 atom stereocenters. The number of hydrogen-bond acceptors (Lipinski definition) is 4. The van der Waals surface area contributed by atoms with Gasteiger partial charge in [-0.1, -0.05) is 73.8 Å². The van der Waals surface area contributed by atoms with Gasteiger partial charge in [0.1, 0.15) is 6.10 Å². The van der Waals surface area contributed by atoms with E-state index >= 15 is 0 Å². The van der Waals surface area contributed by atoms with E-state index in [2.05, 4.69) is 22.6 Å². The summed E-state index contributed by atoms with van der Waals surface area (Å²) >= 11 is 0. The predicted octanol–water partition coefficient (Wildman–Crippen LogP) is 7.98. The fourth-order valence-electron chi connectivity index (χ4n) is 3.44. The Balaban J connectivity index is 2.44. The SMILES string of the molecule is C=Cc1ccc(COCC(OCC(OCC(O)(C(F)(F)F)C(F)(F)F)c2ccc(C=C)cc2)(C(F)(F)F)C(F)(F)F)cc1. The molecule has 0 amide bonds. The maximum Gasteiger partial charge on any atom is 0.428 e. The summed E-state index contributed by atoms with van der Waals surface area (Å²) in [5.41, 5.74) is -10.0. The smallest absolute Gasteiger partial charge is 0.373 e. The molecule has 0 saturated carbocycles. The lowest BCUT2D eigenvalue weighted by atomic mass is 10.0. The molecule has 0 aliphatic rings. The summed E-state index contributed by atoms with van der Waals surface area (Å²) in [5, 5.41) is 9.39. The Bertz CT molecular complexity index is 1170. The van der Waals surface area contributed by atoms with Crippen molar-refractivity contribution in [1.82, 2.24) is 0 Å². The lowest BCUT2D eigenvalue weighted by Crippen LogP contribution is -2.62.